The minimum absolute atomic E-state index is 0.127. The predicted octanol–water partition coefficient (Wildman–Crippen LogP) is 4.89. The Hall–Kier alpha value is -2.53. The lowest BCUT2D eigenvalue weighted by Crippen LogP contribution is -2.51. The van der Waals surface area contributed by atoms with Gasteiger partial charge in [0, 0.05) is 17.6 Å². The Morgan fingerprint density at radius 3 is 2.58 bits per heavy atom. The average Bonchev–Trinajstić information content (AvgIpc) is 2.77. The van der Waals surface area contributed by atoms with Crippen LogP contribution in [-0.2, 0) is 16.1 Å². The molecule has 2 amide bonds. The third-order valence-corrected chi connectivity index (χ3v) is 6.04. The van der Waals surface area contributed by atoms with Gasteiger partial charge < -0.3 is 15.0 Å². The van der Waals surface area contributed by atoms with E-state index in [0.717, 1.165) is 36.8 Å². The number of amides is 2. The molecule has 2 aromatic carbocycles. The molecule has 1 saturated carbocycles. The lowest BCUT2D eigenvalue weighted by Gasteiger charge is -2.31. The van der Waals surface area contributed by atoms with E-state index >= 15 is 0 Å². The van der Waals surface area contributed by atoms with E-state index in [1.54, 1.807) is 17.9 Å². The Morgan fingerprint density at radius 2 is 1.87 bits per heavy atom. The Kier molecular flexibility index (Phi) is 8.35. The van der Waals surface area contributed by atoms with Gasteiger partial charge in [0.1, 0.15) is 11.8 Å². The van der Waals surface area contributed by atoms with E-state index in [1.807, 2.05) is 49.4 Å². The summed E-state index contributed by atoms with van der Waals surface area (Å²) in [6.07, 6.45) is 5.48. The number of halogens is 1. The number of hydrogen-bond donors (Lipinski definition) is 1. The van der Waals surface area contributed by atoms with E-state index in [0.29, 0.717) is 10.8 Å². The minimum Gasteiger partial charge on any atom is -0.484 e. The van der Waals surface area contributed by atoms with Crippen LogP contribution in [0, 0.1) is 6.92 Å². The molecule has 0 saturated heterocycles. The molecule has 5 nitrogen and oxygen atoms in total. The zero-order valence-corrected chi connectivity index (χ0v) is 19.0. The van der Waals surface area contributed by atoms with Gasteiger partial charge in [0.05, 0.1) is 0 Å². The molecule has 166 valence electrons. The van der Waals surface area contributed by atoms with Crippen molar-refractivity contribution in [1.29, 1.82) is 0 Å². The Balaban J connectivity index is 1.71. The van der Waals surface area contributed by atoms with Gasteiger partial charge in [-0.2, -0.15) is 0 Å². The Labute approximate surface area is 189 Å². The van der Waals surface area contributed by atoms with Crippen molar-refractivity contribution < 1.29 is 14.3 Å². The quantitative estimate of drug-likeness (QED) is 0.633. The minimum atomic E-state index is -0.617. The van der Waals surface area contributed by atoms with Crippen LogP contribution >= 0.6 is 11.6 Å². The standard InChI is InChI=1S/C25H31ClN2O3/c1-18-9-6-7-14-23(18)31-17-24(29)28(16-20-10-8-11-21(26)15-20)19(2)25(30)27-22-12-4-3-5-13-22/h6-11,14-15,19,22H,3-5,12-13,16-17H2,1-2H3,(H,27,30). The van der Waals surface area contributed by atoms with Gasteiger partial charge >= 0.3 is 0 Å². The molecular formula is C25H31ClN2O3. The van der Waals surface area contributed by atoms with Crippen molar-refractivity contribution in [3.8, 4) is 5.75 Å². The van der Waals surface area contributed by atoms with Gasteiger partial charge in [-0.1, -0.05) is 61.2 Å². The van der Waals surface area contributed by atoms with E-state index in [9.17, 15) is 9.59 Å². The first-order valence-electron chi connectivity index (χ1n) is 11.0. The summed E-state index contributed by atoms with van der Waals surface area (Å²) in [5.41, 5.74) is 1.83. The maximum absolute atomic E-state index is 13.1. The number of ether oxygens (including phenoxy) is 1. The maximum Gasteiger partial charge on any atom is 0.261 e. The van der Waals surface area contributed by atoms with E-state index in [1.165, 1.54) is 6.42 Å². The van der Waals surface area contributed by atoms with Crippen LogP contribution in [0.3, 0.4) is 0 Å². The second-order valence-corrected chi connectivity index (χ2v) is 8.66. The molecule has 31 heavy (non-hydrogen) atoms. The molecule has 1 fully saturated rings. The van der Waals surface area contributed by atoms with Crippen molar-refractivity contribution in [2.75, 3.05) is 6.61 Å². The molecule has 1 N–H and O–H groups in total. The number of carbonyl (C=O) groups is 2. The van der Waals surface area contributed by atoms with Gasteiger partial charge in [0.2, 0.25) is 5.91 Å². The van der Waals surface area contributed by atoms with Gasteiger partial charge in [-0.15, -0.1) is 0 Å². The summed E-state index contributed by atoms with van der Waals surface area (Å²) >= 11 is 6.13. The van der Waals surface area contributed by atoms with Gasteiger partial charge in [0.25, 0.3) is 5.91 Å². The highest BCUT2D eigenvalue weighted by atomic mass is 35.5. The van der Waals surface area contributed by atoms with Crippen LogP contribution < -0.4 is 10.1 Å². The van der Waals surface area contributed by atoms with E-state index in [2.05, 4.69) is 5.32 Å². The maximum atomic E-state index is 13.1. The van der Waals surface area contributed by atoms with Gasteiger partial charge in [-0.05, 0) is 56.0 Å². The number of carbonyl (C=O) groups excluding carboxylic acids is 2. The molecule has 0 heterocycles. The molecule has 0 spiro atoms. The summed E-state index contributed by atoms with van der Waals surface area (Å²) in [6.45, 7) is 3.86. The third-order valence-electron chi connectivity index (χ3n) is 5.81. The molecule has 0 bridgehead atoms. The molecule has 3 rings (SSSR count). The normalized spacial score (nSPS) is 15.2. The van der Waals surface area contributed by atoms with Crippen LogP contribution in [-0.4, -0.2) is 35.4 Å². The molecular weight excluding hydrogens is 412 g/mol. The van der Waals surface area contributed by atoms with Crippen molar-refractivity contribution in [1.82, 2.24) is 10.2 Å². The molecule has 2 aromatic rings. The summed E-state index contributed by atoms with van der Waals surface area (Å²) in [4.78, 5) is 27.7. The fraction of sp³-hybridized carbons (Fsp3) is 0.440. The van der Waals surface area contributed by atoms with Crippen LogP contribution in [0.4, 0.5) is 0 Å². The summed E-state index contributed by atoms with van der Waals surface area (Å²) in [7, 11) is 0. The molecule has 1 atom stereocenters. The third kappa shape index (κ3) is 6.73. The monoisotopic (exact) mass is 442 g/mol. The lowest BCUT2D eigenvalue weighted by molar-refractivity contribution is -0.142. The fourth-order valence-electron chi connectivity index (χ4n) is 3.92. The summed E-state index contributed by atoms with van der Waals surface area (Å²) in [6, 6.07) is 14.5. The van der Waals surface area contributed by atoms with E-state index in [4.69, 9.17) is 16.3 Å². The van der Waals surface area contributed by atoms with Gasteiger partial charge in [-0.25, -0.2) is 0 Å². The number of benzene rings is 2. The molecule has 1 aliphatic carbocycles. The lowest BCUT2D eigenvalue weighted by atomic mass is 9.95. The fourth-order valence-corrected chi connectivity index (χ4v) is 4.14. The van der Waals surface area contributed by atoms with Crippen molar-refractivity contribution >= 4 is 23.4 Å². The summed E-state index contributed by atoms with van der Waals surface area (Å²) in [5.74, 6) is 0.297. The van der Waals surface area contributed by atoms with E-state index in [-0.39, 0.29) is 31.0 Å². The van der Waals surface area contributed by atoms with Crippen LogP contribution in [0.15, 0.2) is 48.5 Å². The number of para-hydroxylation sites is 1. The van der Waals surface area contributed by atoms with Crippen molar-refractivity contribution in [2.24, 2.45) is 0 Å². The van der Waals surface area contributed by atoms with Gasteiger partial charge in [-0.3, -0.25) is 9.59 Å². The number of nitrogens with zero attached hydrogens (tertiary/aromatic N) is 1. The first-order chi connectivity index (χ1) is 14.9. The summed E-state index contributed by atoms with van der Waals surface area (Å²) in [5, 5.41) is 3.73. The Morgan fingerprint density at radius 1 is 1.13 bits per heavy atom. The van der Waals surface area contributed by atoms with Gasteiger partial charge in [0.15, 0.2) is 6.61 Å². The SMILES string of the molecule is Cc1ccccc1OCC(=O)N(Cc1cccc(Cl)c1)C(C)C(=O)NC1CCCCC1. The van der Waals surface area contributed by atoms with Crippen molar-refractivity contribution in [2.45, 2.75) is 64.6 Å². The molecule has 1 unspecified atom stereocenters. The Bertz CT molecular complexity index is 896. The highest BCUT2D eigenvalue weighted by Gasteiger charge is 2.28. The zero-order chi connectivity index (χ0) is 22.2. The highest BCUT2D eigenvalue weighted by molar-refractivity contribution is 6.30. The van der Waals surface area contributed by atoms with Crippen molar-refractivity contribution in [3.63, 3.8) is 0 Å². The molecule has 0 aliphatic heterocycles. The zero-order valence-electron chi connectivity index (χ0n) is 18.3. The number of rotatable bonds is 8. The molecule has 6 heteroatoms. The second-order valence-electron chi connectivity index (χ2n) is 8.23. The summed E-state index contributed by atoms with van der Waals surface area (Å²) < 4.78 is 5.77. The van der Waals surface area contributed by atoms with Crippen LogP contribution in [0.2, 0.25) is 5.02 Å². The smallest absolute Gasteiger partial charge is 0.261 e. The largest absolute Gasteiger partial charge is 0.484 e. The van der Waals surface area contributed by atoms with Crippen molar-refractivity contribution in [3.05, 3.63) is 64.7 Å². The first-order valence-corrected chi connectivity index (χ1v) is 11.3. The molecule has 0 aromatic heterocycles. The molecule has 0 radical (unpaired) electrons. The average molecular weight is 443 g/mol. The first kappa shape index (κ1) is 23.1. The highest BCUT2D eigenvalue weighted by Crippen LogP contribution is 2.20. The second kappa shape index (κ2) is 11.2. The van der Waals surface area contributed by atoms with Crippen LogP contribution in [0.25, 0.3) is 0 Å². The number of nitrogens with one attached hydrogen (secondary N) is 1. The van der Waals surface area contributed by atoms with Crippen LogP contribution in [0.5, 0.6) is 5.75 Å². The topological polar surface area (TPSA) is 58.6 Å². The number of hydrogen-bond acceptors (Lipinski definition) is 3. The molecule has 1 aliphatic rings. The van der Waals surface area contributed by atoms with E-state index < -0.39 is 6.04 Å². The number of aryl methyl sites for hydroxylation is 1. The van der Waals surface area contributed by atoms with Crippen LogP contribution in [0.1, 0.15) is 50.2 Å². The predicted molar refractivity (Wildman–Crippen MR) is 123 cm³/mol.